The monoisotopic (exact) mass is 1360 g/mol. The van der Waals surface area contributed by atoms with Gasteiger partial charge in [-0.25, -0.2) is 42.1 Å². The van der Waals surface area contributed by atoms with Crippen LogP contribution in [0.4, 0.5) is 0 Å². The number of carbonyl (C=O) groups excluding carboxylic acids is 3. The van der Waals surface area contributed by atoms with Gasteiger partial charge in [0.1, 0.15) is 0 Å². The Morgan fingerprint density at radius 1 is 0.632 bits per heavy atom. The second-order valence-electron chi connectivity index (χ2n) is 17.0. The van der Waals surface area contributed by atoms with E-state index in [1.807, 2.05) is 49.8 Å². The van der Waals surface area contributed by atoms with Crippen LogP contribution in [0.3, 0.4) is 0 Å². The van der Waals surface area contributed by atoms with Gasteiger partial charge in [0.15, 0.2) is 0 Å². The van der Waals surface area contributed by atoms with Crippen molar-refractivity contribution in [3.63, 3.8) is 0 Å². The topological polar surface area (TPSA) is 112 Å². The molecule has 1 unspecified atom stereocenters. The first-order valence-corrected chi connectivity index (χ1v) is 23.2. The van der Waals surface area contributed by atoms with E-state index in [9.17, 15) is 14.4 Å². The largest absolute Gasteiger partial charge is 0.496 e. The van der Waals surface area contributed by atoms with E-state index in [-0.39, 0.29) is 181 Å². The third kappa shape index (κ3) is 38.0. The predicted molar refractivity (Wildman–Crippen MR) is 274 cm³/mol. The number of aliphatic imine (C=N–C) groups is 1. The maximum Gasteiger partial charge on any atom is 0.0262 e. The minimum absolute atomic E-state index is 0. The summed E-state index contributed by atoms with van der Waals surface area (Å²) in [6.45, 7) is 21.0. The summed E-state index contributed by atoms with van der Waals surface area (Å²) in [7, 11) is 9.35. The summed E-state index contributed by atoms with van der Waals surface area (Å²) in [5.74, 6) is 1.33. The van der Waals surface area contributed by atoms with Gasteiger partial charge in [-0.3, -0.25) is 5.57 Å². The minimum Gasteiger partial charge on any atom is -0.496 e. The third-order valence-corrected chi connectivity index (χ3v) is 11.5. The number of thiocarbonyl (C=S) groups is 3. The van der Waals surface area contributed by atoms with Gasteiger partial charge in [-0.05, 0) is 117 Å². The van der Waals surface area contributed by atoms with Crippen molar-refractivity contribution in [2.45, 2.75) is 93.4 Å². The molecule has 1 aliphatic carbocycles. The average Bonchev–Trinajstić information content (AvgIpc) is 3.73. The van der Waals surface area contributed by atoms with E-state index in [2.05, 4.69) is 72.4 Å². The molecule has 0 aromatic rings. The molecule has 2 N–H and O–H groups in total. The first kappa shape index (κ1) is 79.3. The zero-order chi connectivity index (χ0) is 47.6. The number of hydrogen-bond donors (Lipinski definition) is 2. The van der Waals surface area contributed by atoms with Crippen LogP contribution >= 0.6 is 36.7 Å². The number of carbonyl (C=O) groups is 3. The Morgan fingerprint density at radius 3 is 1.63 bits per heavy atom. The van der Waals surface area contributed by atoms with Gasteiger partial charge in [0.25, 0.3) is 0 Å². The van der Waals surface area contributed by atoms with Crippen LogP contribution in [0, 0.1) is 41.7 Å². The summed E-state index contributed by atoms with van der Waals surface area (Å²) in [5.41, 5.74) is 7.18. The van der Waals surface area contributed by atoms with Gasteiger partial charge in [0, 0.05) is 214 Å². The van der Waals surface area contributed by atoms with Crippen molar-refractivity contribution in [2.75, 3.05) is 101 Å². The SMILES string of the molecule is CC1=[C-]C(=N)CN(C)CC1=O.CC1=[C-]C(=S)CN(C)CC1=O.CC1=[C-]C(=S)CN(C)CC1=S.CC1=[C-]CCNCC1.CCC1CCC=C(C)CC1.CN=C1[C-]=C(C)C(=O)CN(C)C1.[Y].[Y].[Y].[Y].[Y]. The number of ketones is 3. The molecular weight excluding hydrogens is 1290 g/mol. The van der Waals surface area contributed by atoms with E-state index in [1.165, 1.54) is 44.1 Å². The molecule has 6 aliphatic rings. The number of likely N-dealkylation sites (N-methyl/N-ethyl adjacent to an activating group) is 3. The van der Waals surface area contributed by atoms with Crippen LogP contribution < -0.4 is 5.32 Å². The number of rotatable bonds is 1. The molecule has 5 heterocycles. The van der Waals surface area contributed by atoms with Crippen molar-refractivity contribution >= 4 is 80.0 Å². The quantitative estimate of drug-likeness (QED) is 0.157. The number of Topliss-reactive ketones (excluding diaryl/α,β-unsaturated/α-hetero) is 3. The Balaban J connectivity index is -0.000000231. The second kappa shape index (κ2) is 45.6. The smallest absolute Gasteiger partial charge is 0.0262 e. The molecule has 0 amide bonds. The Kier molecular flexibility index (Phi) is 53.1. The van der Waals surface area contributed by atoms with E-state index in [0.717, 1.165) is 64.4 Å². The molecule has 1 atom stereocenters. The normalized spacial score (nSPS) is 21.3. The first-order chi connectivity index (χ1) is 29.6. The molecular formula is C50H74N7O3S3Y5-5. The number of nitrogens with zero attached hydrogens (tertiary/aromatic N) is 5. The predicted octanol–water partition coefficient (Wildman–Crippen LogP) is 7.27. The van der Waals surface area contributed by atoms with Crippen LogP contribution in [-0.2, 0) is 178 Å². The van der Waals surface area contributed by atoms with E-state index in [0.29, 0.717) is 61.7 Å². The summed E-state index contributed by atoms with van der Waals surface area (Å²) in [6.07, 6.45) is 26.6. The van der Waals surface area contributed by atoms with Crippen LogP contribution in [0.1, 0.15) is 93.4 Å². The summed E-state index contributed by atoms with van der Waals surface area (Å²) in [6, 6.07) is 0. The molecule has 0 bridgehead atoms. The number of nitrogens with one attached hydrogen (secondary N) is 2. The molecule has 0 fully saturated rings. The van der Waals surface area contributed by atoms with E-state index < -0.39 is 0 Å². The molecule has 0 saturated carbocycles. The van der Waals surface area contributed by atoms with E-state index in [4.69, 9.17) is 42.1 Å². The molecule has 0 saturated heterocycles. The Bertz CT molecular complexity index is 1740. The zero-order valence-corrected chi connectivity index (χ0v) is 59.9. The van der Waals surface area contributed by atoms with Crippen molar-refractivity contribution in [2.24, 2.45) is 10.9 Å². The second-order valence-corrected chi connectivity index (χ2v) is 18.5. The summed E-state index contributed by atoms with van der Waals surface area (Å²) >= 11 is 15.2. The molecule has 5 radical (unpaired) electrons. The van der Waals surface area contributed by atoms with Gasteiger partial charge in [-0.1, -0.05) is 75.8 Å². The number of hydrogen-bond acceptors (Lipinski definition) is 13. The Labute approximate surface area is 554 Å². The van der Waals surface area contributed by atoms with Gasteiger partial charge in [-0.2, -0.15) is 23.1 Å². The molecule has 6 rings (SSSR count). The average molecular weight is 1360 g/mol. The van der Waals surface area contributed by atoms with Gasteiger partial charge in [0.2, 0.25) is 0 Å². The molecule has 0 aromatic carbocycles. The molecule has 68 heavy (non-hydrogen) atoms. The van der Waals surface area contributed by atoms with Crippen LogP contribution in [0.5, 0.6) is 0 Å². The van der Waals surface area contributed by atoms with Gasteiger partial charge in [0.05, 0.1) is 0 Å². The molecule has 0 spiro atoms. The maximum atomic E-state index is 11.3. The van der Waals surface area contributed by atoms with Crippen molar-refractivity contribution in [1.29, 1.82) is 5.41 Å². The fraction of sp³-hybridized carbons (Fsp3) is 0.600. The fourth-order valence-electron chi connectivity index (χ4n) is 6.62. The van der Waals surface area contributed by atoms with Crippen molar-refractivity contribution in [3.8, 4) is 0 Å². The van der Waals surface area contributed by atoms with E-state index >= 15 is 0 Å². The summed E-state index contributed by atoms with van der Waals surface area (Å²) in [4.78, 5) is 47.9. The van der Waals surface area contributed by atoms with Crippen molar-refractivity contribution in [1.82, 2.24) is 24.9 Å². The first-order valence-electron chi connectivity index (χ1n) is 21.9. The van der Waals surface area contributed by atoms with Crippen LogP contribution in [0.25, 0.3) is 0 Å². The van der Waals surface area contributed by atoms with Crippen LogP contribution in [0.15, 0.2) is 44.5 Å². The minimum atomic E-state index is 0. The zero-order valence-electron chi connectivity index (χ0n) is 43.2. The Morgan fingerprint density at radius 2 is 1.10 bits per heavy atom. The van der Waals surface area contributed by atoms with Gasteiger partial charge < -0.3 is 55.8 Å². The summed E-state index contributed by atoms with van der Waals surface area (Å²) in [5, 5.41) is 10.6. The third-order valence-electron chi connectivity index (χ3n) is 10.6. The Hall–Kier alpha value is 2.38. The molecule has 18 heteroatoms. The molecule has 0 aromatic heterocycles. The summed E-state index contributed by atoms with van der Waals surface area (Å²) < 4.78 is 0. The van der Waals surface area contributed by atoms with Gasteiger partial charge >= 0.3 is 0 Å². The van der Waals surface area contributed by atoms with Crippen LogP contribution in [-0.4, -0.2) is 164 Å². The molecule has 10 nitrogen and oxygen atoms in total. The fourth-order valence-corrected chi connectivity index (χ4v) is 7.64. The van der Waals surface area contributed by atoms with Crippen molar-refractivity contribution < 1.29 is 178 Å². The molecule has 365 valence electrons. The maximum absolute atomic E-state index is 11.3. The molecule has 5 aliphatic heterocycles. The van der Waals surface area contributed by atoms with E-state index in [1.54, 1.807) is 33.4 Å². The van der Waals surface area contributed by atoms with Crippen molar-refractivity contribution in [3.05, 3.63) is 69.9 Å². The van der Waals surface area contributed by atoms with Gasteiger partial charge in [-0.15, -0.1) is 29.3 Å². The standard InChI is InChI=1S/C10H18.C9H13N2O.C8H11N2O.C8H10NOS.C8H10NS2.C7H12N.5Y/c1-3-10-6-4-5-9(2)7-8-10;1-7-4-8(10-2)5-11(3)6-9(7)12;1-6-3-7(9)4-10(2)5-8(6)11;1-6-3-7(11)4-9(2)5-8(6)10;1-6-3-7(10)4-9(2)5-8(6)11;1-7-3-2-5-8-6-4-7;;;;;/h5,10H,3-4,6-8H2,1-2H3;5-6H2,1-3H3;9H,4-5H2,1-2H3;2*4-5H2,1-2H3;8H,2,4-6H2,1H3;;;;;/q;5*-1;;;;;. The van der Waals surface area contributed by atoms with Crippen LogP contribution in [0.2, 0.25) is 0 Å². The number of allylic oxidation sites excluding steroid dienone is 2.